The lowest BCUT2D eigenvalue weighted by Gasteiger charge is -2.40. The van der Waals surface area contributed by atoms with Crippen LogP contribution in [0.25, 0.3) is 0 Å². The van der Waals surface area contributed by atoms with Crippen LogP contribution >= 0.6 is 0 Å². The number of aliphatic imine (C=N–C) groups is 1. The van der Waals surface area contributed by atoms with Gasteiger partial charge in [0.05, 0.1) is 0 Å². The number of hydrogen-bond donors (Lipinski definition) is 1. The van der Waals surface area contributed by atoms with Crippen LogP contribution in [0, 0.1) is 5.41 Å². The Balaban J connectivity index is 1.80. The van der Waals surface area contributed by atoms with Crippen molar-refractivity contribution in [2.75, 3.05) is 32.7 Å². The molecule has 2 N–H and O–H groups in total. The van der Waals surface area contributed by atoms with E-state index >= 15 is 0 Å². The van der Waals surface area contributed by atoms with E-state index in [1.165, 1.54) is 25.7 Å². The molecule has 0 spiro atoms. The molecule has 1 saturated carbocycles. The normalized spacial score (nSPS) is 21.8. The number of nitrogens with two attached hydrogens (primary N) is 1. The SMILES string of the molecule is CCC1(CN=C(N)N2CCN(C(=O)OC(C)(C)C)CC2)CCC1. The third kappa shape index (κ3) is 4.75. The fourth-order valence-corrected chi connectivity index (χ4v) is 3.09. The molecule has 2 fully saturated rings. The second-order valence-corrected chi connectivity index (χ2v) is 7.84. The summed E-state index contributed by atoms with van der Waals surface area (Å²) in [6, 6.07) is 0. The van der Waals surface area contributed by atoms with E-state index in [1.807, 2.05) is 20.8 Å². The topological polar surface area (TPSA) is 71.2 Å². The average Bonchev–Trinajstić information content (AvgIpc) is 2.45. The van der Waals surface area contributed by atoms with Gasteiger partial charge in [0.1, 0.15) is 5.60 Å². The number of piperazine rings is 1. The summed E-state index contributed by atoms with van der Waals surface area (Å²) < 4.78 is 5.41. The molecule has 6 nitrogen and oxygen atoms in total. The first-order valence-electron chi connectivity index (χ1n) is 8.77. The van der Waals surface area contributed by atoms with E-state index in [0.717, 1.165) is 6.54 Å². The molecule has 2 aliphatic rings. The van der Waals surface area contributed by atoms with Gasteiger partial charge in [-0.25, -0.2) is 4.79 Å². The van der Waals surface area contributed by atoms with E-state index < -0.39 is 5.60 Å². The molecule has 0 aromatic rings. The van der Waals surface area contributed by atoms with Crippen molar-refractivity contribution < 1.29 is 9.53 Å². The molecule has 1 aliphatic carbocycles. The largest absolute Gasteiger partial charge is 0.444 e. The van der Waals surface area contributed by atoms with Gasteiger partial charge in [-0.2, -0.15) is 0 Å². The monoisotopic (exact) mass is 324 g/mol. The number of hydrogen-bond acceptors (Lipinski definition) is 3. The molecule has 23 heavy (non-hydrogen) atoms. The van der Waals surface area contributed by atoms with Crippen molar-refractivity contribution in [3.05, 3.63) is 0 Å². The van der Waals surface area contributed by atoms with Crippen molar-refractivity contribution in [2.24, 2.45) is 16.1 Å². The van der Waals surface area contributed by atoms with Gasteiger partial charge in [-0.1, -0.05) is 13.3 Å². The first-order chi connectivity index (χ1) is 10.7. The van der Waals surface area contributed by atoms with Gasteiger partial charge in [-0.05, 0) is 45.4 Å². The molecule has 0 radical (unpaired) electrons. The standard InChI is InChI=1S/C17H32N4O2/c1-5-17(7-6-8-17)13-19-14(18)20-9-11-21(12-10-20)15(22)23-16(2,3)4/h5-13H2,1-4H3,(H2,18,19). The van der Waals surface area contributed by atoms with Gasteiger partial charge in [-0.15, -0.1) is 0 Å². The zero-order valence-electron chi connectivity index (χ0n) is 15.1. The third-order valence-corrected chi connectivity index (χ3v) is 5.00. The van der Waals surface area contributed by atoms with Crippen LogP contribution in [-0.2, 0) is 4.74 Å². The van der Waals surface area contributed by atoms with Gasteiger partial charge in [0.25, 0.3) is 0 Å². The smallest absolute Gasteiger partial charge is 0.410 e. The quantitative estimate of drug-likeness (QED) is 0.639. The Morgan fingerprint density at radius 1 is 1.17 bits per heavy atom. The van der Waals surface area contributed by atoms with E-state index in [-0.39, 0.29) is 6.09 Å². The van der Waals surface area contributed by atoms with E-state index in [1.54, 1.807) is 4.90 Å². The van der Waals surface area contributed by atoms with E-state index in [9.17, 15) is 4.79 Å². The second-order valence-electron chi connectivity index (χ2n) is 7.84. The van der Waals surface area contributed by atoms with Crippen molar-refractivity contribution in [3.8, 4) is 0 Å². The minimum Gasteiger partial charge on any atom is -0.444 e. The van der Waals surface area contributed by atoms with Crippen molar-refractivity contribution in [1.82, 2.24) is 9.80 Å². The molecule has 0 bridgehead atoms. The number of amides is 1. The molecular weight excluding hydrogens is 292 g/mol. The summed E-state index contributed by atoms with van der Waals surface area (Å²) in [5, 5.41) is 0. The van der Waals surface area contributed by atoms with Crippen molar-refractivity contribution in [1.29, 1.82) is 0 Å². The van der Waals surface area contributed by atoms with E-state index in [0.29, 0.717) is 37.6 Å². The third-order valence-electron chi connectivity index (χ3n) is 5.00. The molecule has 0 unspecified atom stereocenters. The Bertz CT molecular complexity index is 438. The lowest BCUT2D eigenvalue weighted by molar-refractivity contribution is 0.0186. The zero-order chi connectivity index (χ0) is 17.1. The molecule has 1 saturated heterocycles. The summed E-state index contributed by atoms with van der Waals surface area (Å²) in [6.07, 6.45) is 4.79. The predicted octanol–water partition coefficient (Wildman–Crippen LogP) is 2.43. The summed E-state index contributed by atoms with van der Waals surface area (Å²) in [5.41, 5.74) is 6.09. The first-order valence-corrected chi connectivity index (χ1v) is 8.77. The van der Waals surface area contributed by atoms with Crippen LogP contribution in [0.5, 0.6) is 0 Å². The molecule has 2 rings (SSSR count). The number of guanidine groups is 1. The maximum atomic E-state index is 12.1. The lowest BCUT2D eigenvalue weighted by Crippen LogP contribution is -2.53. The van der Waals surface area contributed by atoms with Crippen molar-refractivity contribution >= 4 is 12.1 Å². The summed E-state index contributed by atoms with van der Waals surface area (Å²) in [6.45, 7) is 11.4. The van der Waals surface area contributed by atoms with Crippen molar-refractivity contribution in [3.63, 3.8) is 0 Å². The molecule has 0 aromatic carbocycles. The highest BCUT2D eigenvalue weighted by atomic mass is 16.6. The lowest BCUT2D eigenvalue weighted by atomic mass is 9.67. The summed E-state index contributed by atoms with van der Waals surface area (Å²) in [7, 11) is 0. The molecule has 132 valence electrons. The van der Waals surface area contributed by atoms with Crippen LogP contribution in [0.15, 0.2) is 4.99 Å². The number of nitrogens with zero attached hydrogens (tertiary/aromatic N) is 3. The van der Waals surface area contributed by atoms with Crippen LogP contribution in [0.3, 0.4) is 0 Å². The van der Waals surface area contributed by atoms with E-state index in [4.69, 9.17) is 10.5 Å². The van der Waals surface area contributed by atoms with E-state index in [2.05, 4.69) is 16.8 Å². The number of carbonyl (C=O) groups is 1. The summed E-state index contributed by atoms with van der Waals surface area (Å²) in [4.78, 5) is 20.5. The number of carbonyl (C=O) groups excluding carboxylic acids is 1. The minimum absolute atomic E-state index is 0.243. The minimum atomic E-state index is -0.452. The fraction of sp³-hybridized carbons (Fsp3) is 0.882. The molecule has 1 aliphatic heterocycles. The maximum absolute atomic E-state index is 12.1. The van der Waals surface area contributed by atoms with Gasteiger partial charge >= 0.3 is 6.09 Å². The molecule has 1 amide bonds. The Morgan fingerprint density at radius 3 is 2.17 bits per heavy atom. The average molecular weight is 324 g/mol. The maximum Gasteiger partial charge on any atom is 0.410 e. The Labute approximate surface area is 140 Å². The van der Waals surface area contributed by atoms with Gasteiger partial charge in [0.15, 0.2) is 5.96 Å². The Kier molecular flexibility index (Phi) is 5.42. The molecular formula is C17H32N4O2. The number of ether oxygens (including phenoxy) is 1. The Morgan fingerprint density at radius 2 is 1.74 bits per heavy atom. The Hall–Kier alpha value is -1.46. The van der Waals surface area contributed by atoms with Gasteiger partial charge in [0.2, 0.25) is 0 Å². The zero-order valence-corrected chi connectivity index (χ0v) is 15.1. The van der Waals surface area contributed by atoms with Crippen LogP contribution in [0.1, 0.15) is 53.4 Å². The van der Waals surface area contributed by atoms with Crippen LogP contribution in [0.4, 0.5) is 4.79 Å². The molecule has 6 heteroatoms. The highest BCUT2D eigenvalue weighted by molar-refractivity contribution is 5.78. The van der Waals surface area contributed by atoms with Crippen LogP contribution < -0.4 is 5.73 Å². The number of rotatable bonds is 3. The van der Waals surface area contributed by atoms with Gasteiger partial charge in [-0.3, -0.25) is 4.99 Å². The van der Waals surface area contributed by atoms with Crippen LogP contribution in [0.2, 0.25) is 0 Å². The highest BCUT2D eigenvalue weighted by Crippen LogP contribution is 2.43. The fourth-order valence-electron chi connectivity index (χ4n) is 3.09. The van der Waals surface area contributed by atoms with Crippen LogP contribution in [-0.4, -0.2) is 60.2 Å². The first kappa shape index (κ1) is 17.9. The summed E-state index contributed by atoms with van der Waals surface area (Å²) in [5.74, 6) is 0.619. The predicted molar refractivity (Wildman–Crippen MR) is 92.4 cm³/mol. The van der Waals surface area contributed by atoms with Gasteiger partial charge < -0.3 is 20.3 Å². The second kappa shape index (κ2) is 6.97. The molecule has 1 heterocycles. The highest BCUT2D eigenvalue weighted by Gasteiger charge is 2.35. The van der Waals surface area contributed by atoms with Gasteiger partial charge in [0, 0.05) is 32.7 Å². The molecule has 0 atom stereocenters. The van der Waals surface area contributed by atoms with Crippen molar-refractivity contribution in [2.45, 2.75) is 59.0 Å². The molecule has 0 aromatic heterocycles. The summed E-state index contributed by atoms with van der Waals surface area (Å²) >= 11 is 0.